The van der Waals surface area contributed by atoms with Gasteiger partial charge in [0.05, 0.1) is 5.69 Å². The second-order valence-corrected chi connectivity index (χ2v) is 4.92. The van der Waals surface area contributed by atoms with Crippen LogP contribution in [0.4, 0.5) is 4.79 Å². The molecule has 0 saturated heterocycles. The summed E-state index contributed by atoms with van der Waals surface area (Å²) in [6.07, 6.45) is 0.869. The highest BCUT2D eigenvalue weighted by atomic mass is 16.6. The summed E-state index contributed by atoms with van der Waals surface area (Å²) in [6, 6.07) is 14.8. The normalized spacial score (nSPS) is 10.3. The Labute approximate surface area is 138 Å². The third-order valence-corrected chi connectivity index (χ3v) is 3.18. The SMILES string of the molecule is NC(=O)OCc1cc(-c2ccc(OCc3ccccn3)cc2)no1. The summed E-state index contributed by atoms with van der Waals surface area (Å²) in [5.41, 5.74) is 7.25. The number of nitrogens with zero attached hydrogens (tertiary/aromatic N) is 2. The van der Waals surface area contributed by atoms with Crippen molar-refractivity contribution in [2.45, 2.75) is 13.2 Å². The maximum absolute atomic E-state index is 10.6. The smallest absolute Gasteiger partial charge is 0.404 e. The molecule has 24 heavy (non-hydrogen) atoms. The maximum atomic E-state index is 10.6. The van der Waals surface area contributed by atoms with E-state index in [1.165, 1.54) is 0 Å². The molecule has 3 aromatic rings. The molecule has 3 rings (SSSR count). The molecule has 0 fully saturated rings. The Morgan fingerprint density at radius 1 is 1.12 bits per heavy atom. The summed E-state index contributed by atoms with van der Waals surface area (Å²) >= 11 is 0. The Balaban J connectivity index is 1.61. The zero-order chi connectivity index (χ0) is 16.8. The molecule has 7 nitrogen and oxygen atoms in total. The highest BCUT2D eigenvalue weighted by molar-refractivity contribution is 5.64. The van der Waals surface area contributed by atoms with Crippen molar-refractivity contribution in [1.29, 1.82) is 0 Å². The predicted molar refractivity (Wildman–Crippen MR) is 84.9 cm³/mol. The molecule has 1 aromatic carbocycles. The van der Waals surface area contributed by atoms with E-state index in [1.807, 2.05) is 42.5 Å². The molecule has 0 spiro atoms. The molecule has 0 aliphatic heterocycles. The lowest BCUT2D eigenvalue weighted by Gasteiger charge is -2.05. The second-order valence-electron chi connectivity index (χ2n) is 4.92. The molecule has 0 bridgehead atoms. The van der Waals surface area contributed by atoms with Crippen molar-refractivity contribution in [3.8, 4) is 17.0 Å². The minimum Gasteiger partial charge on any atom is -0.487 e. The molecule has 2 aromatic heterocycles. The quantitative estimate of drug-likeness (QED) is 0.748. The average molecular weight is 325 g/mol. The molecule has 0 atom stereocenters. The van der Waals surface area contributed by atoms with E-state index < -0.39 is 6.09 Å². The number of primary amides is 1. The van der Waals surface area contributed by atoms with Crippen LogP contribution in [0.3, 0.4) is 0 Å². The first-order valence-electron chi connectivity index (χ1n) is 7.22. The molecule has 122 valence electrons. The minimum absolute atomic E-state index is 0.0480. The van der Waals surface area contributed by atoms with Gasteiger partial charge >= 0.3 is 6.09 Å². The van der Waals surface area contributed by atoms with Crippen LogP contribution < -0.4 is 10.5 Å². The summed E-state index contributed by atoms with van der Waals surface area (Å²) in [4.78, 5) is 14.8. The number of ether oxygens (including phenoxy) is 2. The van der Waals surface area contributed by atoms with Crippen LogP contribution in [0.25, 0.3) is 11.3 Å². The lowest BCUT2D eigenvalue weighted by Crippen LogP contribution is -2.12. The monoisotopic (exact) mass is 325 g/mol. The predicted octanol–water partition coefficient (Wildman–Crippen LogP) is 2.91. The Morgan fingerprint density at radius 3 is 2.67 bits per heavy atom. The van der Waals surface area contributed by atoms with Gasteiger partial charge in [-0.1, -0.05) is 11.2 Å². The van der Waals surface area contributed by atoms with Gasteiger partial charge in [0, 0.05) is 17.8 Å². The number of benzene rings is 1. The fourth-order valence-corrected chi connectivity index (χ4v) is 2.02. The standard InChI is InChI=1S/C17H15N3O4/c18-17(21)23-11-15-9-16(20-24-15)12-4-6-14(7-5-12)22-10-13-3-1-2-8-19-13/h1-9H,10-11H2,(H2,18,21). The Morgan fingerprint density at radius 2 is 1.96 bits per heavy atom. The first-order valence-corrected chi connectivity index (χ1v) is 7.22. The fraction of sp³-hybridized carbons (Fsp3) is 0.118. The van der Waals surface area contributed by atoms with Crippen molar-refractivity contribution in [3.63, 3.8) is 0 Å². The van der Waals surface area contributed by atoms with E-state index in [1.54, 1.807) is 12.3 Å². The number of amides is 1. The molecule has 0 radical (unpaired) electrons. The minimum atomic E-state index is -0.859. The molecule has 7 heteroatoms. The van der Waals surface area contributed by atoms with Crippen LogP contribution in [0.15, 0.2) is 59.3 Å². The van der Waals surface area contributed by atoms with E-state index in [2.05, 4.69) is 14.9 Å². The van der Waals surface area contributed by atoms with Crippen molar-refractivity contribution < 1.29 is 18.8 Å². The molecule has 2 heterocycles. The summed E-state index contributed by atoms with van der Waals surface area (Å²) in [6.45, 7) is 0.354. The first kappa shape index (κ1) is 15.5. The van der Waals surface area contributed by atoms with Crippen LogP contribution in [0.1, 0.15) is 11.5 Å². The van der Waals surface area contributed by atoms with Crippen LogP contribution in [-0.2, 0) is 18.0 Å². The van der Waals surface area contributed by atoms with Gasteiger partial charge in [-0.3, -0.25) is 4.98 Å². The van der Waals surface area contributed by atoms with Crippen LogP contribution in [0.2, 0.25) is 0 Å². The number of rotatable bonds is 6. The highest BCUT2D eigenvalue weighted by Gasteiger charge is 2.08. The molecule has 0 aliphatic carbocycles. The van der Waals surface area contributed by atoms with Crippen molar-refractivity contribution in [2.75, 3.05) is 0 Å². The van der Waals surface area contributed by atoms with Gasteiger partial charge in [-0.15, -0.1) is 0 Å². The van der Waals surface area contributed by atoms with Crippen LogP contribution in [0.5, 0.6) is 5.75 Å². The van der Waals surface area contributed by atoms with Gasteiger partial charge in [-0.25, -0.2) is 4.79 Å². The number of carbonyl (C=O) groups excluding carboxylic acids is 1. The van der Waals surface area contributed by atoms with E-state index in [9.17, 15) is 4.79 Å². The number of pyridine rings is 1. The number of hydrogen-bond acceptors (Lipinski definition) is 6. The van der Waals surface area contributed by atoms with Gasteiger partial charge in [0.15, 0.2) is 12.4 Å². The van der Waals surface area contributed by atoms with E-state index in [0.717, 1.165) is 17.0 Å². The third-order valence-electron chi connectivity index (χ3n) is 3.18. The molecule has 0 saturated carbocycles. The lowest BCUT2D eigenvalue weighted by molar-refractivity contribution is 0.137. The Kier molecular flexibility index (Phi) is 4.71. The summed E-state index contributed by atoms with van der Waals surface area (Å²) < 4.78 is 15.4. The molecular weight excluding hydrogens is 310 g/mol. The number of nitrogens with two attached hydrogens (primary N) is 1. The average Bonchev–Trinajstić information content (AvgIpc) is 3.08. The number of aromatic nitrogens is 2. The van der Waals surface area contributed by atoms with E-state index in [4.69, 9.17) is 15.0 Å². The van der Waals surface area contributed by atoms with Gasteiger partial charge in [-0.2, -0.15) is 0 Å². The molecule has 0 unspecified atom stereocenters. The van der Waals surface area contributed by atoms with Gasteiger partial charge < -0.3 is 19.7 Å². The summed E-state index contributed by atoms with van der Waals surface area (Å²) in [5, 5.41) is 3.93. The van der Waals surface area contributed by atoms with Gasteiger partial charge in [0.1, 0.15) is 18.1 Å². The first-order chi connectivity index (χ1) is 11.7. The van der Waals surface area contributed by atoms with Crippen molar-refractivity contribution in [2.24, 2.45) is 5.73 Å². The van der Waals surface area contributed by atoms with Crippen LogP contribution >= 0.6 is 0 Å². The lowest BCUT2D eigenvalue weighted by atomic mass is 10.1. The van der Waals surface area contributed by atoms with Gasteiger partial charge in [0.25, 0.3) is 0 Å². The topological polar surface area (TPSA) is 100 Å². The van der Waals surface area contributed by atoms with E-state index >= 15 is 0 Å². The van der Waals surface area contributed by atoms with Crippen molar-refractivity contribution in [1.82, 2.24) is 10.1 Å². The van der Waals surface area contributed by atoms with Crippen LogP contribution in [-0.4, -0.2) is 16.2 Å². The molecular formula is C17H15N3O4. The number of carbonyl (C=O) groups is 1. The van der Waals surface area contributed by atoms with Gasteiger partial charge in [0.2, 0.25) is 0 Å². The molecule has 2 N–H and O–H groups in total. The van der Waals surface area contributed by atoms with E-state index in [0.29, 0.717) is 18.1 Å². The summed E-state index contributed by atoms with van der Waals surface area (Å²) in [7, 11) is 0. The molecule has 1 amide bonds. The van der Waals surface area contributed by atoms with Crippen LogP contribution in [0, 0.1) is 0 Å². The maximum Gasteiger partial charge on any atom is 0.404 e. The third kappa shape index (κ3) is 4.10. The summed E-state index contributed by atoms with van der Waals surface area (Å²) in [5.74, 6) is 1.14. The Hall–Kier alpha value is -3.35. The zero-order valence-corrected chi connectivity index (χ0v) is 12.7. The van der Waals surface area contributed by atoms with Crippen molar-refractivity contribution >= 4 is 6.09 Å². The largest absolute Gasteiger partial charge is 0.487 e. The van der Waals surface area contributed by atoms with Gasteiger partial charge in [-0.05, 0) is 36.4 Å². The molecule has 0 aliphatic rings. The zero-order valence-electron chi connectivity index (χ0n) is 12.7. The Bertz CT molecular complexity index is 800. The second kappa shape index (κ2) is 7.28. The highest BCUT2D eigenvalue weighted by Crippen LogP contribution is 2.23. The van der Waals surface area contributed by atoms with Crippen molar-refractivity contribution in [3.05, 3.63) is 66.2 Å². The number of hydrogen-bond donors (Lipinski definition) is 1. The van der Waals surface area contributed by atoms with E-state index in [-0.39, 0.29) is 6.61 Å². The fourth-order valence-electron chi connectivity index (χ4n) is 2.02.